The Labute approximate surface area is 95.4 Å². The molecule has 0 heterocycles. The minimum absolute atomic E-state index is 0.109. The van der Waals surface area contributed by atoms with Gasteiger partial charge in [0.25, 0.3) is 0 Å². The summed E-state index contributed by atoms with van der Waals surface area (Å²) in [5.74, 6) is 0.763. The Balaban J connectivity index is 2.78. The molecular weight excluding hydrogens is 206 g/mol. The van der Waals surface area contributed by atoms with Gasteiger partial charge >= 0.3 is 0 Å². The molecular formula is C12H17NO3. The zero-order valence-corrected chi connectivity index (χ0v) is 10.1. The van der Waals surface area contributed by atoms with Gasteiger partial charge in [0.2, 0.25) is 6.04 Å². The molecule has 0 fully saturated rings. The normalized spacial score (nSPS) is 12.2. The second kappa shape index (κ2) is 4.96. The summed E-state index contributed by atoms with van der Waals surface area (Å²) in [7, 11) is 0. The van der Waals surface area contributed by atoms with Crippen LogP contribution in [0.4, 0.5) is 0 Å². The zero-order chi connectivity index (χ0) is 12.3. The van der Waals surface area contributed by atoms with E-state index >= 15 is 0 Å². The van der Waals surface area contributed by atoms with Crippen molar-refractivity contribution in [3.05, 3.63) is 38.9 Å². The maximum atomic E-state index is 10.5. The summed E-state index contributed by atoms with van der Waals surface area (Å²) in [4.78, 5) is 10.1. The molecule has 0 bridgehead atoms. The van der Waals surface area contributed by atoms with Crippen molar-refractivity contribution in [3.63, 3.8) is 0 Å². The van der Waals surface area contributed by atoms with Gasteiger partial charge < -0.3 is 4.74 Å². The third-order valence-corrected chi connectivity index (χ3v) is 2.43. The smallest absolute Gasteiger partial charge is 0.243 e. The zero-order valence-electron chi connectivity index (χ0n) is 10.1. The molecule has 0 saturated heterocycles. The van der Waals surface area contributed by atoms with E-state index in [1.54, 1.807) is 6.92 Å². The van der Waals surface area contributed by atoms with E-state index in [2.05, 4.69) is 0 Å². The number of nitrogens with zero attached hydrogens (tertiary/aromatic N) is 1. The lowest BCUT2D eigenvalue weighted by Crippen LogP contribution is -2.23. The molecule has 0 saturated carbocycles. The number of rotatable bonds is 4. The van der Waals surface area contributed by atoms with Gasteiger partial charge in [0.05, 0.1) is 0 Å². The van der Waals surface area contributed by atoms with E-state index in [0.717, 1.165) is 16.9 Å². The Morgan fingerprint density at radius 3 is 2.25 bits per heavy atom. The molecule has 1 aromatic carbocycles. The summed E-state index contributed by atoms with van der Waals surface area (Å²) < 4.78 is 5.50. The quantitative estimate of drug-likeness (QED) is 0.582. The molecule has 0 aliphatic heterocycles. The molecule has 0 N–H and O–H groups in total. The van der Waals surface area contributed by atoms with E-state index in [9.17, 15) is 10.1 Å². The van der Waals surface area contributed by atoms with Gasteiger partial charge in [-0.1, -0.05) is 17.7 Å². The second-order valence-corrected chi connectivity index (χ2v) is 4.17. The molecule has 0 amide bonds. The van der Waals surface area contributed by atoms with Crippen LogP contribution in [0.2, 0.25) is 0 Å². The molecule has 4 heteroatoms. The summed E-state index contributed by atoms with van der Waals surface area (Å²) in [5, 5.41) is 10.5. The minimum Gasteiger partial charge on any atom is -0.486 e. The highest BCUT2D eigenvalue weighted by molar-refractivity contribution is 5.42. The van der Waals surface area contributed by atoms with Crippen LogP contribution in [0.15, 0.2) is 12.1 Å². The van der Waals surface area contributed by atoms with Gasteiger partial charge in [-0.2, -0.15) is 0 Å². The van der Waals surface area contributed by atoms with Crippen LogP contribution in [0.5, 0.6) is 5.75 Å². The van der Waals surface area contributed by atoms with Crippen LogP contribution in [0.3, 0.4) is 0 Å². The standard InChI is InChI=1S/C12H17NO3/c1-8-5-9(2)12(10(3)6-8)16-7-11(4)13(14)15/h5-6,11H,7H2,1-4H3. The highest BCUT2D eigenvalue weighted by Crippen LogP contribution is 2.24. The molecule has 0 aliphatic rings. The Bertz CT molecular complexity index is 378. The van der Waals surface area contributed by atoms with Crippen molar-refractivity contribution in [2.75, 3.05) is 6.61 Å². The molecule has 0 spiro atoms. The average Bonchev–Trinajstić information content (AvgIpc) is 2.15. The fourth-order valence-electron chi connectivity index (χ4n) is 1.66. The lowest BCUT2D eigenvalue weighted by atomic mass is 10.1. The van der Waals surface area contributed by atoms with Gasteiger partial charge in [-0.25, -0.2) is 0 Å². The fourth-order valence-corrected chi connectivity index (χ4v) is 1.66. The largest absolute Gasteiger partial charge is 0.486 e. The molecule has 1 unspecified atom stereocenters. The van der Waals surface area contributed by atoms with Crippen molar-refractivity contribution < 1.29 is 9.66 Å². The summed E-state index contributed by atoms with van der Waals surface area (Å²) in [6.07, 6.45) is 0. The first-order chi connectivity index (χ1) is 7.41. The maximum Gasteiger partial charge on any atom is 0.243 e. The third kappa shape index (κ3) is 2.95. The van der Waals surface area contributed by atoms with E-state index in [1.807, 2.05) is 32.9 Å². The number of benzene rings is 1. The Morgan fingerprint density at radius 1 is 1.31 bits per heavy atom. The van der Waals surface area contributed by atoms with Gasteiger partial charge in [-0.3, -0.25) is 10.1 Å². The van der Waals surface area contributed by atoms with Gasteiger partial charge in [0.15, 0.2) is 6.61 Å². The molecule has 0 aromatic heterocycles. The molecule has 0 aliphatic carbocycles. The number of hydrogen-bond acceptors (Lipinski definition) is 3. The van der Waals surface area contributed by atoms with Crippen molar-refractivity contribution in [2.24, 2.45) is 0 Å². The maximum absolute atomic E-state index is 10.5. The highest BCUT2D eigenvalue weighted by Gasteiger charge is 2.15. The van der Waals surface area contributed by atoms with Crippen molar-refractivity contribution in [1.29, 1.82) is 0 Å². The van der Waals surface area contributed by atoms with Gasteiger partial charge in [0.1, 0.15) is 5.75 Å². The first-order valence-corrected chi connectivity index (χ1v) is 5.26. The Hall–Kier alpha value is -1.58. The monoisotopic (exact) mass is 223 g/mol. The SMILES string of the molecule is Cc1cc(C)c(OCC(C)[N+](=O)[O-])c(C)c1. The first kappa shape index (κ1) is 12.5. The Kier molecular flexibility index (Phi) is 3.88. The van der Waals surface area contributed by atoms with Crippen LogP contribution in [0.1, 0.15) is 23.6 Å². The minimum atomic E-state index is -0.680. The van der Waals surface area contributed by atoms with Crippen molar-refractivity contribution in [2.45, 2.75) is 33.7 Å². The lowest BCUT2D eigenvalue weighted by Gasteiger charge is -2.13. The molecule has 1 rings (SSSR count). The van der Waals surface area contributed by atoms with Crippen LogP contribution in [-0.4, -0.2) is 17.6 Å². The highest BCUT2D eigenvalue weighted by atomic mass is 16.6. The summed E-state index contributed by atoms with van der Waals surface area (Å²) in [6, 6.07) is 3.35. The summed E-state index contributed by atoms with van der Waals surface area (Å²) in [5.41, 5.74) is 3.21. The predicted molar refractivity (Wildman–Crippen MR) is 62.6 cm³/mol. The van der Waals surface area contributed by atoms with E-state index in [1.165, 1.54) is 5.56 Å². The number of ether oxygens (including phenoxy) is 1. The Morgan fingerprint density at radius 2 is 1.81 bits per heavy atom. The van der Waals surface area contributed by atoms with Gasteiger partial charge in [-0.15, -0.1) is 0 Å². The fraction of sp³-hybridized carbons (Fsp3) is 0.500. The third-order valence-electron chi connectivity index (χ3n) is 2.43. The van der Waals surface area contributed by atoms with Crippen LogP contribution >= 0.6 is 0 Å². The van der Waals surface area contributed by atoms with Crippen molar-refractivity contribution in [3.8, 4) is 5.75 Å². The average molecular weight is 223 g/mol. The predicted octanol–water partition coefficient (Wildman–Crippen LogP) is 2.66. The first-order valence-electron chi connectivity index (χ1n) is 5.26. The van der Waals surface area contributed by atoms with Crippen LogP contribution in [-0.2, 0) is 0 Å². The molecule has 16 heavy (non-hydrogen) atoms. The van der Waals surface area contributed by atoms with Crippen molar-refractivity contribution >= 4 is 0 Å². The number of hydrogen-bond donors (Lipinski definition) is 0. The summed E-state index contributed by atoms with van der Waals surface area (Å²) >= 11 is 0. The van der Waals surface area contributed by atoms with Gasteiger partial charge in [-0.05, 0) is 31.9 Å². The van der Waals surface area contributed by atoms with Crippen LogP contribution < -0.4 is 4.74 Å². The van der Waals surface area contributed by atoms with E-state index in [-0.39, 0.29) is 11.5 Å². The van der Waals surface area contributed by atoms with Gasteiger partial charge in [0, 0.05) is 11.8 Å². The lowest BCUT2D eigenvalue weighted by molar-refractivity contribution is -0.520. The molecule has 0 radical (unpaired) electrons. The molecule has 4 nitrogen and oxygen atoms in total. The topological polar surface area (TPSA) is 52.4 Å². The molecule has 88 valence electrons. The number of nitro groups is 1. The molecule has 1 aromatic rings. The van der Waals surface area contributed by atoms with Crippen LogP contribution in [0.25, 0.3) is 0 Å². The summed E-state index contributed by atoms with van der Waals surface area (Å²) in [6.45, 7) is 7.57. The molecule has 1 atom stereocenters. The van der Waals surface area contributed by atoms with E-state index in [4.69, 9.17) is 4.74 Å². The van der Waals surface area contributed by atoms with E-state index < -0.39 is 6.04 Å². The van der Waals surface area contributed by atoms with E-state index in [0.29, 0.717) is 0 Å². The van der Waals surface area contributed by atoms with Crippen molar-refractivity contribution in [1.82, 2.24) is 0 Å². The number of aryl methyl sites for hydroxylation is 3. The second-order valence-electron chi connectivity index (χ2n) is 4.17. The van der Waals surface area contributed by atoms with Crippen LogP contribution in [0, 0.1) is 30.9 Å².